The van der Waals surface area contributed by atoms with E-state index >= 15 is 0 Å². The van der Waals surface area contributed by atoms with E-state index in [1.807, 2.05) is 44.1 Å². The predicted molar refractivity (Wildman–Crippen MR) is 91.2 cm³/mol. The van der Waals surface area contributed by atoms with Gasteiger partial charge in [-0.05, 0) is 64.7 Å². The van der Waals surface area contributed by atoms with Crippen molar-refractivity contribution < 1.29 is 9.53 Å². The number of carbonyl (C=O) groups excluding carboxylic acids is 1. The second-order valence-corrected chi connectivity index (χ2v) is 7.35. The Balaban J connectivity index is 1.95. The number of likely N-dealkylation sites (tertiary alicyclic amines) is 1. The van der Waals surface area contributed by atoms with Crippen molar-refractivity contribution in [2.45, 2.75) is 71.7 Å². The summed E-state index contributed by atoms with van der Waals surface area (Å²) in [4.78, 5) is 18.4. The third-order valence-corrected chi connectivity index (χ3v) is 4.32. The molecule has 1 aromatic rings. The molecule has 1 aliphatic heterocycles. The molecule has 2 rings (SSSR count). The van der Waals surface area contributed by atoms with Crippen molar-refractivity contribution in [3.05, 3.63) is 29.6 Å². The largest absolute Gasteiger partial charge is 0.444 e. The van der Waals surface area contributed by atoms with Crippen LogP contribution in [-0.4, -0.2) is 40.2 Å². The molecule has 1 amide bonds. The smallest absolute Gasteiger partial charge is 0.410 e. The van der Waals surface area contributed by atoms with Crippen LogP contribution in [0.25, 0.3) is 0 Å². The average molecular weight is 319 g/mol. The van der Waals surface area contributed by atoms with Crippen LogP contribution in [0.2, 0.25) is 0 Å². The normalized spacial score (nSPS) is 22.0. The van der Waals surface area contributed by atoms with Crippen LogP contribution in [0, 0.1) is 6.92 Å². The fourth-order valence-corrected chi connectivity index (χ4v) is 2.92. The van der Waals surface area contributed by atoms with Crippen molar-refractivity contribution >= 4 is 6.09 Å². The topological polar surface area (TPSA) is 54.5 Å². The van der Waals surface area contributed by atoms with Gasteiger partial charge in [0.2, 0.25) is 0 Å². The van der Waals surface area contributed by atoms with Crippen molar-refractivity contribution in [2.24, 2.45) is 0 Å². The number of hydrogen-bond acceptors (Lipinski definition) is 4. The lowest BCUT2D eigenvalue weighted by Gasteiger charge is -2.40. The highest BCUT2D eigenvalue weighted by atomic mass is 16.6. The predicted octanol–water partition coefficient (Wildman–Crippen LogP) is 3.27. The summed E-state index contributed by atoms with van der Waals surface area (Å²) in [5.41, 5.74) is 1.98. The Morgan fingerprint density at radius 3 is 2.87 bits per heavy atom. The first-order valence-electron chi connectivity index (χ1n) is 8.40. The number of pyridine rings is 1. The highest BCUT2D eigenvalue weighted by molar-refractivity contribution is 5.68. The van der Waals surface area contributed by atoms with E-state index in [0.29, 0.717) is 0 Å². The molecule has 1 aromatic heterocycles. The maximum atomic E-state index is 12.4. The summed E-state index contributed by atoms with van der Waals surface area (Å²) in [6, 6.07) is 2.42. The van der Waals surface area contributed by atoms with Gasteiger partial charge in [-0.1, -0.05) is 0 Å². The number of rotatable bonds is 3. The molecule has 1 N–H and O–H groups in total. The number of ether oxygens (including phenoxy) is 1. The zero-order chi connectivity index (χ0) is 17.0. The van der Waals surface area contributed by atoms with E-state index in [9.17, 15) is 4.79 Å². The molecule has 2 heterocycles. The van der Waals surface area contributed by atoms with Gasteiger partial charge in [-0.3, -0.25) is 4.98 Å². The van der Waals surface area contributed by atoms with Crippen LogP contribution in [0.4, 0.5) is 4.79 Å². The number of nitrogens with zero attached hydrogens (tertiary/aromatic N) is 2. The van der Waals surface area contributed by atoms with Crippen LogP contribution in [0.3, 0.4) is 0 Å². The van der Waals surface area contributed by atoms with Crippen LogP contribution >= 0.6 is 0 Å². The van der Waals surface area contributed by atoms with Crippen LogP contribution in [-0.2, 0) is 11.3 Å². The number of carbonyl (C=O) groups is 1. The first-order chi connectivity index (χ1) is 10.8. The lowest BCUT2D eigenvalue weighted by Crippen LogP contribution is -2.55. The first kappa shape index (κ1) is 17.7. The maximum absolute atomic E-state index is 12.4. The highest BCUT2D eigenvalue weighted by Gasteiger charge is 2.33. The summed E-state index contributed by atoms with van der Waals surface area (Å²) in [5, 5.41) is 3.59. The number of amides is 1. The fourth-order valence-electron chi connectivity index (χ4n) is 2.92. The number of hydrogen-bond donors (Lipinski definition) is 1. The van der Waals surface area contributed by atoms with Crippen molar-refractivity contribution in [1.82, 2.24) is 15.2 Å². The molecule has 0 aromatic carbocycles. The molecule has 0 bridgehead atoms. The third kappa shape index (κ3) is 4.93. The van der Waals surface area contributed by atoms with Crippen LogP contribution < -0.4 is 5.32 Å². The molecule has 5 nitrogen and oxygen atoms in total. The molecule has 1 aliphatic rings. The molecule has 0 spiro atoms. The van der Waals surface area contributed by atoms with E-state index in [-0.39, 0.29) is 18.2 Å². The molecule has 0 radical (unpaired) electrons. The van der Waals surface area contributed by atoms with Gasteiger partial charge < -0.3 is 15.0 Å². The minimum absolute atomic E-state index is 0.121. The minimum atomic E-state index is -0.454. The number of piperidine rings is 1. The molecule has 0 saturated carbocycles. The maximum Gasteiger partial charge on any atom is 0.410 e. The quantitative estimate of drug-likeness (QED) is 0.929. The lowest BCUT2D eigenvalue weighted by molar-refractivity contribution is 0.00698. The van der Waals surface area contributed by atoms with Crippen molar-refractivity contribution in [3.8, 4) is 0 Å². The number of nitrogens with one attached hydrogen (secondary N) is 1. The molecule has 5 heteroatoms. The Morgan fingerprint density at radius 2 is 2.22 bits per heavy atom. The van der Waals surface area contributed by atoms with E-state index in [4.69, 9.17) is 4.74 Å². The summed E-state index contributed by atoms with van der Waals surface area (Å²) < 4.78 is 5.53. The summed E-state index contributed by atoms with van der Waals surface area (Å²) in [5.74, 6) is 0. The molecular formula is C18H29N3O2. The molecule has 1 saturated heterocycles. The minimum Gasteiger partial charge on any atom is -0.444 e. The van der Waals surface area contributed by atoms with E-state index in [2.05, 4.69) is 24.1 Å². The zero-order valence-corrected chi connectivity index (χ0v) is 14.9. The van der Waals surface area contributed by atoms with Gasteiger partial charge in [-0.25, -0.2) is 4.79 Å². The zero-order valence-electron chi connectivity index (χ0n) is 14.9. The summed E-state index contributed by atoms with van der Waals surface area (Å²) in [6.45, 7) is 11.4. The highest BCUT2D eigenvalue weighted by Crippen LogP contribution is 2.21. The first-order valence-corrected chi connectivity index (χ1v) is 8.40. The van der Waals surface area contributed by atoms with Gasteiger partial charge in [-0.15, -0.1) is 0 Å². The Hall–Kier alpha value is -1.62. The van der Waals surface area contributed by atoms with Crippen LogP contribution in [0.15, 0.2) is 18.5 Å². The molecule has 23 heavy (non-hydrogen) atoms. The van der Waals surface area contributed by atoms with Gasteiger partial charge in [0.25, 0.3) is 0 Å². The second-order valence-electron chi connectivity index (χ2n) is 7.35. The Labute approximate surface area is 139 Å². The summed E-state index contributed by atoms with van der Waals surface area (Å²) in [6.07, 6.45) is 5.56. The number of aryl methyl sites for hydroxylation is 1. The summed E-state index contributed by atoms with van der Waals surface area (Å²) >= 11 is 0. The lowest BCUT2D eigenvalue weighted by atomic mass is 9.97. The van der Waals surface area contributed by atoms with Gasteiger partial charge >= 0.3 is 6.09 Å². The number of aromatic nitrogens is 1. The van der Waals surface area contributed by atoms with Crippen molar-refractivity contribution in [2.75, 3.05) is 6.54 Å². The van der Waals surface area contributed by atoms with E-state index in [1.165, 1.54) is 11.1 Å². The summed E-state index contributed by atoms with van der Waals surface area (Å²) in [7, 11) is 0. The van der Waals surface area contributed by atoms with Gasteiger partial charge in [0.05, 0.1) is 0 Å². The van der Waals surface area contributed by atoms with Crippen LogP contribution in [0.1, 0.15) is 51.7 Å². The average Bonchev–Trinajstić information content (AvgIpc) is 2.46. The molecule has 1 fully saturated rings. The van der Waals surface area contributed by atoms with Gasteiger partial charge in [0, 0.05) is 37.6 Å². The van der Waals surface area contributed by atoms with E-state index < -0.39 is 5.60 Å². The van der Waals surface area contributed by atoms with Gasteiger partial charge in [0.15, 0.2) is 0 Å². The van der Waals surface area contributed by atoms with E-state index in [0.717, 1.165) is 25.9 Å². The SMILES string of the molecule is Cc1ccncc1CNC1CCCN(C(=O)OC(C)(C)C)C1C. The van der Waals surface area contributed by atoms with E-state index in [1.54, 1.807) is 0 Å². The van der Waals surface area contributed by atoms with Crippen molar-refractivity contribution in [1.29, 1.82) is 0 Å². The molecular weight excluding hydrogens is 290 g/mol. The molecule has 0 aliphatic carbocycles. The van der Waals surface area contributed by atoms with Gasteiger partial charge in [0.1, 0.15) is 5.60 Å². The fraction of sp³-hybridized carbons (Fsp3) is 0.667. The second kappa shape index (κ2) is 7.30. The molecule has 128 valence electrons. The molecule has 2 atom stereocenters. The Bertz CT molecular complexity index is 539. The Kier molecular flexibility index (Phi) is 5.63. The monoisotopic (exact) mass is 319 g/mol. The molecule has 2 unspecified atom stereocenters. The standard InChI is InChI=1S/C18H29N3O2/c1-13-8-9-19-11-15(13)12-20-16-7-6-10-21(14(16)2)17(22)23-18(3,4)5/h8-9,11,14,16,20H,6-7,10,12H2,1-5H3. The van der Waals surface area contributed by atoms with Crippen LogP contribution in [0.5, 0.6) is 0 Å². The third-order valence-electron chi connectivity index (χ3n) is 4.32. The Morgan fingerprint density at radius 1 is 1.48 bits per heavy atom. The van der Waals surface area contributed by atoms with Gasteiger partial charge in [-0.2, -0.15) is 0 Å². The van der Waals surface area contributed by atoms with Crippen molar-refractivity contribution in [3.63, 3.8) is 0 Å².